The summed E-state index contributed by atoms with van der Waals surface area (Å²) in [6, 6.07) is 13.0. The van der Waals surface area contributed by atoms with Crippen LogP contribution in [0.1, 0.15) is 36.7 Å². The quantitative estimate of drug-likeness (QED) is 0.717. The lowest BCUT2D eigenvalue weighted by Gasteiger charge is -2.18. The monoisotopic (exact) mass is 349 g/mol. The summed E-state index contributed by atoms with van der Waals surface area (Å²) in [5.74, 6) is -0.342. The molecule has 0 unspecified atom stereocenters. The summed E-state index contributed by atoms with van der Waals surface area (Å²) in [5.41, 5.74) is 1.50. The molecule has 0 bridgehead atoms. The second kappa shape index (κ2) is 7.31. The Morgan fingerprint density at radius 2 is 1.81 bits per heavy atom. The van der Waals surface area contributed by atoms with Gasteiger partial charge in [-0.05, 0) is 49.7 Å². The molecule has 6 heteroatoms. The second-order valence-corrected chi connectivity index (χ2v) is 6.02. The first-order valence-corrected chi connectivity index (χ1v) is 8.39. The molecule has 1 aromatic heterocycles. The number of amides is 1. The van der Waals surface area contributed by atoms with Gasteiger partial charge in [0.25, 0.3) is 5.56 Å². The number of carbonyl (C=O) groups excluding carboxylic acids is 2. The molecule has 0 saturated heterocycles. The standard InChI is InChI=1S/C20H19N3O3/c1-3-18(19(25)22-15-10-8-14(9-11-15)13(2)24)23-12-21-17-7-5-4-6-16(17)20(23)26/h4-12,18H,3H2,1-2H3,(H,22,25)/t18-/m0/s1. The summed E-state index contributed by atoms with van der Waals surface area (Å²) >= 11 is 0. The number of ketones is 1. The van der Waals surface area contributed by atoms with Gasteiger partial charge in [0, 0.05) is 11.3 Å². The van der Waals surface area contributed by atoms with Gasteiger partial charge in [-0.25, -0.2) is 4.98 Å². The van der Waals surface area contributed by atoms with Gasteiger partial charge in [0.2, 0.25) is 5.91 Å². The smallest absolute Gasteiger partial charge is 0.261 e. The summed E-state index contributed by atoms with van der Waals surface area (Å²) in [5, 5.41) is 3.27. The Morgan fingerprint density at radius 3 is 2.46 bits per heavy atom. The number of rotatable bonds is 5. The average molecular weight is 349 g/mol. The zero-order valence-electron chi connectivity index (χ0n) is 14.6. The number of hydrogen-bond acceptors (Lipinski definition) is 4. The van der Waals surface area contributed by atoms with Crippen LogP contribution in [0.25, 0.3) is 10.9 Å². The van der Waals surface area contributed by atoms with Crippen molar-refractivity contribution in [1.82, 2.24) is 9.55 Å². The van der Waals surface area contributed by atoms with Gasteiger partial charge in [-0.3, -0.25) is 19.0 Å². The van der Waals surface area contributed by atoms with Gasteiger partial charge in [0.1, 0.15) is 6.04 Å². The highest BCUT2D eigenvalue weighted by Crippen LogP contribution is 2.16. The van der Waals surface area contributed by atoms with Gasteiger partial charge >= 0.3 is 0 Å². The van der Waals surface area contributed by atoms with Crippen molar-refractivity contribution in [3.8, 4) is 0 Å². The van der Waals surface area contributed by atoms with E-state index in [2.05, 4.69) is 10.3 Å². The van der Waals surface area contributed by atoms with E-state index in [0.29, 0.717) is 28.6 Å². The maximum atomic E-state index is 12.7. The van der Waals surface area contributed by atoms with Crippen LogP contribution in [0.3, 0.4) is 0 Å². The molecule has 0 aliphatic carbocycles. The number of nitrogens with one attached hydrogen (secondary N) is 1. The predicted molar refractivity (Wildman–Crippen MR) is 100 cm³/mol. The van der Waals surface area contributed by atoms with E-state index in [-0.39, 0.29) is 17.2 Å². The normalized spacial score (nSPS) is 11.9. The topological polar surface area (TPSA) is 81.1 Å². The third-order valence-electron chi connectivity index (χ3n) is 4.27. The highest BCUT2D eigenvalue weighted by molar-refractivity contribution is 5.96. The molecule has 1 heterocycles. The Morgan fingerprint density at radius 1 is 1.12 bits per heavy atom. The summed E-state index contributed by atoms with van der Waals surface area (Å²) < 4.78 is 1.36. The Bertz CT molecular complexity index is 1020. The minimum absolute atomic E-state index is 0.0388. The fourth-order valence-corrected chi connectivity index (χ4v) is 2.83. The summed E-state index contributed by atoms with van der Waals surface area (Å²) in [7, 11) is 0. The van der Waals surface area contributed by atoms with Crippen molar-refractivity contribution < 1.29 is 9.59 Å². The van der Waals surface area contributed by atoms with Crippen LogP contribution in [-0.4, -0.2) is 21.2 Å². The number of anilines is 1. The third-order valence-corrected chi connectivity index (χ3v) is 4.27. The van der Waals surface area contributed by atoms with E-state index in [1.807, 2.05) is 13.0 Å². The van der Waals surface area contributed by atoms with E-state index >= 15 is 0 Å². The number of benzene rings is 2. The maximum absolute atomic E-state index is 12.7. The first-order chi connectivity index (χ1) is 12.5. The molecule has 1 amide bonds. The zero-order chi connectivity index (χ0) is 18.7. The number of nitrogens with zero attached hydrogens (tertiary/aromatic N) is 2. The average Bonchev–Trinajstić information content (AvgIpc) is 2.65. The predicted octanol–water partition coefficient (Wildman–Crippen LogP) is 3.19. The number of Topliss-reactive ketones (excluding diaryl/α,β-unsaturated/α-hetero) is 1. The maximum Gasteiger partial charge on any atom is 0.261 e. The molecule has 0 aliphatic heterocycles. The number of hydrogen-bond donors (Lipinski definition) is 1. The van der Waals surface area contributed by atoms with Crippen molar-refractivity contribution in [2.45, 2.75) is 26.3 Å². The van der Waals surface area contributed by atoms with Crippen molar-refractivity contribution >= 4 is 28.3 Å². The SMILES string of the molecule is CC[C@@H](C(=O)Nc1ccc(C(C)=O)cc1)n1cnc2ccccc2c1=O. The molecule has 0 radical (unpaired) electrons. The first kappa shape index (κ1) is 17.5. The molecular weight excluding hydrogens is 330 g/mol. The lowest BCUT2D eigenvalue weighted by molar-refractivity contribution is -0.119. The van der Waals surface area contributed by atoms with E-state index in [9.17, 15) is 14.4 Å². The number of fused-ring (bicyclic) bond motifs is 1. The first-order valence-electron chi connectivity index (χ1n) is 8.39. The molecule has 1 N–H and O–H groups in total. The van der Waals surface area contributed by atoms with Gasteiger partial charge in [-0.15, -0.1) is 0 Å². The van der Waals surface area contributed by atoms with Crippen molar-refractivity contribution in [3.63, 3.8) is 0 Å². The lowest BCUT2D eigenvalue weighted by Crippen LogP contribution is -2.33. The second-order valence-electron chi connectivity index (χ2n) is 6.02. The van der Waals surface area contributed by atoms with Gasteiger partial charge < -0.3 is 5.32 Å². The molecule has 26 heavy (non-hydrogen) atoms. The number of aromatic nitrogens is 2. The molecule has 2 aromatic carbocycles. The van der Waals surface area contributed by atoms with E-state index in [1.165, 1.54) is 17.8 Å². The Hall–Kier alpha value is -3.28. The highest BCUT2D eigenvalue weighted by Gasteiger charge is 2.21. The van der Waals surface area contributed by atoms with Gasteiger partial charge in [0.15, 0.2) is 5.78 Å². The largest absolute Gasteiger partial charge is 0.324 e. The summed E-state index contributed by atoms with van der Waals surface area (Å²) in [4.78, 5) is 41.0. The van der Waals surface area contributed by atoms with Crippen LogP contribution < -0.4 is 10.9 Å². The number of carbonyl (C=O) groups is 2. The van der Waals surface area contributed by atoms with Crippen molar-refractivity contribution in [2.75, 3.05) is 5.32 Å². The lowest BCUT2D eigenvalue weighted by atomic mass is 10.1. The molecule has 1 atom stereocenters. The Labute approximate surface area is 150 Å². The van der Waals surface area contributed by atoms with Gasteiger partial charge in [-0.2, -0.15) is 0 Å². The molecule has 0 fully saturated rings. The van der Waals surface area contributed by atoms with Crippen molar-refractivity contribution in [2.24, 2.45) is 0 Å². The molecular formula is C20H19N3O3. The van der Waals surface area contributed by atoms with E-state index in [0.717, 1.165) is 0 Å². The molecule has 132 valence electrons. The molecule has 0 spiro atoms. The summed E-state index contributed by atoms with van der Waals surface area (Å²) in [6.45, 7) is 3.32. The van der Waals surface area contributed by atoms with Gasteiger partial charge in [0.05, 0.1) is 17.2 Å². The molecule has 0 saturated carbocycles. The zero-order valence-corrected chi connectivity index (χ0v) is 14.6. The fourth-order valence-electron chi connectivity index (χ4n) is 2.83. The van der Waals surface area contributed by atoms with Crippen LogP contribution in [0.4, 0.5) is 5.69 Å². The van der Waals surface area contributed by atoms with E-state index in [4.69, 9.17) is 0 Å². The minimum atomic E-state index is -0.674. The van der Waals surface area contributed by atoms with Crippen LogP contribution in [0.2, 0.25) is 0 Å². The van der Waals surface area contributed by atoms with Crippen LogP contribution in [-0.2, 0) is 4.79 Å². The van der Waals surface area contributed by atoms with Crippen molar-refractivity contribution in [3.05, 3.63) is 70.8 Å². The van der Waals surface area contributed by atoms with E-state index < -0.39 is 6.04 Å². The minimum Gasteiger partial charge on any atom is -0.324 e. The van der Waals surface area contributed by atoms with Crippen LogP contribution in [0, 0.1) is 0 Å². The molecule has 0 aliphatic rings. The fraction of sp³-hybridized carbons (Fsp3) is 0.200. The van der Waals surface area contributed by atoms with Crippen LogP contribution in [0.15, 0.2) is 59.7 Å². The van der Waals surface area contributed by atoms with Crippen LogP contribution >= 0.6 is 0 Å². The van der Waals surface area contributed by atoms with Gasteiger partial charge in [-0.1, -0.05) is 19.1 Å². The Kier molecular flexibility index (Phi) is 4.93. The summed E-state index contributed by atoms with van der Waals surface area (Å²) in [6.07, 6.45) is 1.86. The molecule has 3 aromatic rings. The Balaban J connectivity index is 1.88. The number of para-hydroxylation sites is 1. The molecule has 6 nitrogen and oxygen atoms in total. The highest BCUT2D eigenvalue weighted by atomic mass is 16.2. The van der Waals surface area contributed by atoms with E-state index in [1.54, 1.807) is 42.5 Å². The van der Waals surface area contributed by atoms with Crippen molar-refractivity contribution in [1.29, 1.82) is 0 Å². The third kappa shape index (κ3) is 3.39. The van der Waals surface area contributed by atoms with Crippen LogP contribution in [0.5, 0.6) is 0 Å². The molecule has 3 rings (SSSR count).